The van der Waals surface area contributed by atoms with E-state index in [1.165, 1.54) is 41.3 Å². The Morgan fingerprint density at radius 2 is 1.40 bits per heavy atom. The lowest BCUT2D eigenvalue weighted by atomic mass is 10.0. The zero-order valence-corrected chi connectivity index (χ0v) is 28.3. The average Bonchev–Trinajstić information content (AvgIpc) is 2.99. The van der Waals surface area contributed by atoms with E-state index in [1.807, 2.05) is 44.2 Å². The van der Waals surface area contributed by atoms with Gasteiger partial charge in [0.15, 0.2) is 0 Å². The maximum absolute atomic E-state index is 14.5. The summed E-state index contributed by atoms with van der Waals surface area (Å²) in [6.07, 6.45) is 0.147. The van der Waals surface area contributed by atoms with Crippen molar-refractivity contribution in [1.29, 1.82) is 0 Å². The highest BCUT2D eigenvalue weighted by Gasteiger charge is 2.35. The van der Waals surface area contributed by atoms with Crippen LogP contribution in [-0.2, 0) is 32.6 Å². The molecule has 0 saturated heterocycles. The van der Waals surface area contributed by atoms with Crippen LogP contribution in [0.1, 0.15) is 25.0 Å². The van der Waals surface area contributed by atoms with E-state index in [0.717, 1.165) is 9.87 Å². The van der Waals surface area contributed by atoms with Crippen LogP contribution >= 0.6 is 46.4 Å². The number of rotatable bonds is 12. The smallest absolute Gasteiger partial charge is 0.264 e. The quantitative estimate of drug-likeness (QED) is 0.164. The second-order valence-corrected chi connectivity index (χ2v) is 14.1. The second kappa shape index (κ2) is 15.3. The lowest BCUT2D eigenvalue weighted by molar-refractivity contribution is -0.140. The van der Waals surface area contributed by atoms with Crippen molar-refractivity contribution >= 4 is 73.9 Å². The van der Waals surface area contributed by atoms with Gasteiger partial charge in [-0.3, -0.25) is 13.9 Å². The number of carbonyl (C=O) groups excluding carboxylic acids is 2. The zero-order valence-electron chi connectivity index (χ0n) is 24.5. The topological polar surface area (TPSA) is 86.8 Å². The number of nitrogens with zero attached hydrogens (tertiary/aromatic N) is 2. The van der Waals surface area contributed by atoms with Crippen molar-refractivity contribution in [3.63, 3.8) is 0 Å². The monoisotopic (exact) mass is 705 g/mol. The highest BCUT2D eigenvalue weighted by Crippen LogP contribution is 2.30. The van der Waals surface area contributed by atoms with E-state index in [-0.39, 0.29) is 34.6 Å². The molecule has 0 spiro atoms. The van der Waals surface area contributed by atoms with Crippen LogP contribution in [0.15, 0.2) is 102 Å². The number of halogens is 4. The van der Waals surface area contributed by atoms with E-state index >= 15 is 0 Å². The predicted molar refractivity (Wildman–Crippen MR) is 182 cm³/mol. The summed E-state index contributed by atoms with van der Waals surface area (Å²) in [5, 5.41) is 4.12. The fourth-order valence-electron chi connectivity index (χ4n) is 4.68. The molecular formula is C33H31Cl4N3O4S. The van der Waals surface area contributed by atoms with Crippen LogP contribution in [0.2, 0.25) is 20.1 Å². The molecule has 7 nitrogen and oxygen atoms in total. The van der Waals surface area contributed by atoms with E-state index in [2.05, 4.69) is 5.32 Å². The Morgan fingerprint density at radius 3 is 2.00 bits per heavy atom. The number of anilines is 1. The third-order valence-electron chi connectivity index (χ3n) is 6.87. The SMILES string of the molecule is CC(C)NC(=O)[C@@H](Cc1ccccc1)N(Cc1c(Cl)cccc1Cl)C(=O)CN(c1cccc(Cl)c1)S(=O)(=O)c1ccc(Cl)cc1. The molecule has 1 N–H and O–H groups in total. The molecule has 0 heterocycles. The molecule has 0 fully saturated rings. The summed E-state index contributed by atoms with van der Waals surface area (Å²) in [7, 11) is -4.31. The summed E-state index contributed by atoms with van der Waals surface area (Å²) in [4.78, 5) is 29.5. The number of hydrogen-bond acceptors (Lipinski definition) is 4. The van der Waals surface area contributed by atoms with Crippen molar-refractivity contribution in [1.82, 2.24) is 10.2 Å². The van der Waals surface area contributed by atoms with E-state index in [0.29, 0.717) is 20.6 Å². The highest BCUT2D eigenvalue weighted by molar-refractivity contribution is 7.92. The lowest BCUT2D eigenvalue weighted by Gasteiger charge is -2.34. The second-order valence-electron chi connectivity index (χ2n) is 10.5. The van der Waals surface area contributed by atoms with Crippen molar-refractivity contribution in [3.05, 3.63) is 128 Å². The summed E-state index contributed by atoms with van der Waals surface area (Å²) in [6, 6.07) is 24.7. The number of sulfonamides is 1. The molecule has 236 valence electrons. The van der Waals surface area contributed by atoms with Crippen LogP contribution in [0.3, 0.4) is 0 Å². The number of nitrogens with one attached hydrogen (secondary N) is 1. The zero-order chi connectivity index (χ0) is 32.7. The van der Waals surface area contributed by atoms with Crippen molar-refractivity contribution in [2.24, 2.45) is 0 Å². The summed E-state index contributed by atoms with van der Waals surface area (Å²) in [5.74, 6) is -1.08. The van der Waals surface area contributed by atoms with E-state index < -0.39 is 34.4 Å². The third-order valence-corrected chi connectivity index (χ3v) is 9.85. The van der Waals surface area contributed by atoms with E-state index in [4.69, 9.17) is 46.4 Å². The first kappa shape index (κ1) is 34.6. The van der Waals surface area contributed by atoms with E-state index in [9.17, 15) is 18.0 Å². The van der Waals surface area contributed by atoms with Crippen molar-refractivity contribution in [3.8, 4) is 0 Å². The molecule has 0 aliphatic carbocycles. The maximum Gasteiger partial charge on any atom is 0.264 e. The molecule has 45 heavy (non-hydrogen) atoms. The Hall–Kier alpha value is -3.27. The summed E-state index contributed by atoms with van der Waals surface area (Å²) in [5.41, 5.74) is 1.37. The van der Waals surface area contributed by atoms with E-state index in [1.54, 1.807) is 30.3 Å². The van der Waals surface area contributed by atoms with Crippen LogP contribution in [-0.4, -0.2) is 43.8 Å². The molecule has 0 aromatic heterocycles. The Labute approximate surface area is 283 Å². The van der Waals surface area contributed by atoms with Gasteiger partial charge < -0.3 is 10.2 Å². The van der Waals surface area contributed by atoms with Gasteiger partial charge in [0, 0.05) is 44.7 Å². The highest BCUT2D eigenvalue weighted by atomic mass is 35.5. The van der Waals surface area contributed by atoms with Gasteiger partial charge in [-0.15, -0.1) is 0 Å². The average molecular weight is 708 g/mol. The molecule has 4 aromatic rings. The molecule has 0 radical (unpaired) electrons. The summed E-state index contributed by atoms with van der Waals surface area (Å²) < 4.78 is 29.1. The van der Waals surface area contributed by atoms with Gasteiger partial charge in [-0.25, -0.2) is 8.42 Å². The molecule has 0 saturated carbocycles. The maximum atomic E-state index is 14.5. The van der Waals surface area contributed by atoms with Gasteiger partial charge in [0.25, 0.3) is 10.0 Å². The first-order valence-electron chi connectivity index (χ1n) is 14.0. The Balaban J connectivity index is 1.84. The van der Waals surface area contributed by atoms with Crippen LogP contribution in [0.4, 0.5) is 5.69 Å². The van der Waals surface area contributed by atoms with Gasteiger partial charge in [-0.2, -0.15) is 0 Å². The van der Waals surface area contributed by atoms with Crippen LogP contribution in [0, 0.1) is 0 Å². The molecule has 1 atom stereocenters. The van der Waals surface area contributed by atoms with Gasteiger partial charge in [-0.1, -0.05) is 88.9 Å². The largest absolute Gasteiger partial charge is 0.352 e. The first-order valence-corrected chi connectivity index (χ1v) is 16.9. The molecule has 2 amide bonds. The first-order chi connectivity index (χ1) is 21.4. The van der Waals surface area contributed by atoms with Gasteiger partial charge >= 0.3 is 0 Å². The fraction of sp³-hybridized carbons (Fsp3) is 0.212. The molecule has 0 aliphatic heterocycles. The van der Waals surface area contributed by atoms with Gasteiger partial charge in [0.05, 0.1) is 10.6 Å². The van der Waals surface area contributed by atoms with Gasteiger partial charge in [0.1, 0.15) is 12.6 Å². The number of amides is 2. The van der Waals surface area contributed by atoms with Crippen LogP contribution in [0.5, 0.6) is 0 Å². The number of hydrogen-bond donors (Lipinski definition) is 1. The Morgan fingerprint density at radius 1 is 0.778 bits per heavy atom. The minimum Gasteiger partial charge on any atom is -0.352 e. The summed E-state index contributed by atoms with van der Waals surface area (Å²) >= 11 is 25.4. The van der Waals surface area contributed by atoms with Crippen molar-refractivity contribution in [2.45, 2.75) is 43.8 Å². The van der Waals surface area contributed by atoms with Crippen molar-refractivity contribution < 1.29 is 18.0 Å². The molecule has 0 aliphatic rings. The molecule has 12 heteroatoms. The van der Waals surface area contributed by atoms with Gasteiger partial charge in [0.2, 0.25) is 11.8 Å². The molecular weight excluding hydrogens is 676 g/mol. The number of benzene rings is 4. The molecule has 4 rings (SSSR count). The lowest BCUT2D eigenvalue weighted by Crippen LogP contribution is -2.54. The minimum absolute atomic E-state index is 0.0845. The fourth-order valence-corrected chi connectivity index (χ4v) is 6.92. The summed E-state index contributed by atoms with van der Waals surface area (Å²) in [6.45, 7) is 2.81. The van der Waals surface area contributed by atoms with Crippen LogP contribution in [0.25, 0.3) is 0 Å². The standard InChI is InChI=1S/C33H31Cl4N3O4S/c1-22(2)38-33(42)31(18-23-8-4-3-5-9-23)39(20-28-29(36)12-7-13-30(28)37)32(41)21-40(26-11-6-10-25(35)19-26)45(43,44)27-16-14-24(34)15-17-27/h3-17,19,22,31H,18,20-21H2,1-2H3,(H,38,42)/t31-/m1/s1. The molecule has 0 bridgehead atoms. The van der Waals surface area contributed by atoms with Gasteiger partial charge in [-0.05, 0) is 74.0 Å². The molecule has 4 aromatic carbocycles. The Kier molecular flexibility index (Phi) is 11.8. The predicted octanol–water partition coefficient (Wildman–Crippen LogP) is 7.66. The Bertz CT molecular complexity index is 1730. The minimum atomic E-state index is -4.31. The normalized spacial score (nSPS) is 12.1. The molecule has 0 unspecified atom stereocenters. The van der Waals surface area contributed by atoms with Crippen molar-refractivity contribution in [2.75, 3.05) is 10.8 Å². The van der Waals surface area contributed by atoms with Crippen LogP contribution < -0.4 is 9.62 Å². The number of carbonyl (C=O) groups is 2. The third kappa shape index (κ3) is 8.93.